The van der Waals surface area contributed by atoms with Crippen LogP contribution in [0.2, 0.25) is 0 Å². The second kappa shape index (κ2) is 6.22. The van der Waals surface area contributed by atoms with Gasteiger partial charge in [0.2, 0.25) is 5.91 Å². The number of fused-ring (bicyclic) bond motifs is 1. The lowest BCUT2D eigenvalue weighted by Gasteiger charge is -2.26. The standard InChI is InChI=1S/C17H21N3O/c1-13(21)18-15-7-8-17-14(11-15)5-6-16(19-17)12-20-9-3-2-4-10-20/h5-8,11H,2-4,9-10,12H2,1H3,(H,18,21). The van der Waals surface area contributed by atoms with Gasteiger partial charge in [-0.25, -0.2) is 0 Å². The second-order valence-corrected chi connectivity index (χ2v) is 5.73. The van der Waals surface area contributed by atoms with E-state index in [1.165, 1.54) is 39.3 Å². The first-order valence-electron chi connectivity index (χ1n) is 7.60. The number of rotatable bonds is 3. The first-order chi connectivity index (χ1) is 10.2. The fourth-order valence-electron chi connectivity index (χ4n) is 2.88. The van der Waals surface area contributed by atoms with Crippen LogP contribution in [-0.2, 0) is 11.3 Å². The number of anilines is 1. The van der Waals surface area contributed by atoms with Gasteiger partial charge in [0, 0.05) is 24.5 Å². The fourth-order valence-corrected chi connectivity index (χ4v) is 2.88. The Balaban J connectivity index is 1.78. The van der Waals surface area contributed by atoms with E-state index in [1.807, 2.05) is 18.2 Å². The first kappa shape index (κ1) is 14.0. The maximum absolute atomic E-state index is 11.1. The van der Waals surface area contributed by atoms with Gasteiger partial charge in [-0.15, -0.1) is 0 Å². The summed E-state index contributed by atoms with van der Waals surface area (Å²) in [5.41, 5.74) is 2.93. The summed E-state index contributed by atoms with van der Waals surface area (Å²) in [6.07, 6.45) is 3.95. The minimum Gasteiger partial charge on any atom is -0.326 e. The van der Waals surface area contributed by atoms with E-state index >= 15 is 0 Å². The van der Waals surface area contributed by atoms with E-state index in [0.29, 0.717) is 0 Å². The summed E-state index contributed by atoms with van der Waals surface area (Å²) < 4.78 is 0. The Kier molecular flexibility index (Phi) is 4.15. The maximum atomic E-state index is 11.1. The lowest BCUT2D eigenvalue weighted by Crippen LogP contribution is -2.29. The quantitative estimate of drug-likeness (QED) is 0.941. The summed E-state index contributed by atoms with van der Waals surface area (Å²) in [5.74, 6) is -0.0518. The number of carbonyl (C=O) groups is 1. The number of pyridine rings is 1. The van der Waals surface area contributed by atoms with E-state index in [4.69, 9.17) is 4.98 Å². The number of hydrogen-bond donors (Lipinski definition) is 1. The number of amides is 1. The smallest absolute Gasteiger partial charge is 0.221 e. The van der Waals surface area contributed by atoms with E-state index in [-0.39, 0.29) is 5.91 Å². The number of likely N-dealkylation sites (tertiary alicyclic amines) is 1. The predicted molar refractivity (Wildman–Crippen MR) is 85.2 cm³/mol. The summed E-state index contributed by atoms with van der Waals surface area (Å²) in [5, 5.41) is 3.86. The molecule has 1 N–H and O–H groups in total. The number of aromatic nitrogens is 1. The lowest BCUT2D eigenvalue weighted by molar-refractivity contribution is -0.114. The maximum Gasteiger partial charge on any atom is 0.221 e. The van der Waals surface area contributed by atoms with Crippen LogP contribution in [0.25, 0.3) is 10.9 Å². The van der Waals surface area contributed by atoms with Crippen molar-refractivity contribution in [2.45, 2.75) is 32.7 Å². The molecule has 0 saturated carbocycles. The van der Waals surface area contributed by atoms with Gasteiger partial charge in [0.15, 0.2) is 0 Å². The third kappa shape index (κ3) is 3.58. The van der Waals surface area contributed by atoms with Crippen molar-refractivity contribution >= 4 is 22.5 Å². The van der Waals surface area contributed by atoms with Gasteiger partial charge in [-0.3, -0.25) is 14.7 Å². The fraction of sp³-hybridized carbons (Fsp3) is 0.412. The van der Waals surface area contributed by atoms with Crippen LogP contribution >= 0.6 is 0 Å². The van der Waals surface area contributed by atoms with E-state index in [9.17, 15) is 4.79 Å². The SMILES string of the molecule is CC(=O)Nc1ccc2nc(CN3CCCCC3)ccc2c1. The zero-order valence-electron chi connectivity index (χ0n) is 12.4. The van der Waals surface area contributed by atoms with Gasteiger partial charge in [0.05, 0.1) is 11.2 Å². The summed E-state index contributed by atoms with van der Waals surface area (Å²) in [7, 11) is 0. The number of benzene rings is 1. The third-order valence-corrected chi connectivity index (χ3v) is 3.90. The Morgan fingerprint density at radius 3 is 2.76 bits per heavy atom. The van der Waals surface area contributed by atoms with Gasteiger partial charge >= 0.3 is 0 Å². The van der Waals surface area contributed by atoms with Gasteiger partial charge in [0.25, 0.3) is 0 Å². The zero-order valence-corrected chi connectivity index (χ0v) is 12.4. The van der Waals surface area contributed by atoms with Gasteiger partial charge in [0.1, 0.15) is 0 Å². The average molecular weight is 283 g/mol. The molecule has 1 amide bonds. The number of carbonyl (C=O) groups excluding carboxylic acids is 1. The van der Waals surface area contributed by atoms with E-state index in [2.05, 4.69) is 22.3 Å². The van der Waals surface area contributed by atoms with E-state index in [0.717, 1.165) is 28.8 Å². The van der Waals surface area contributed by atoms with Crippen LogP contribution in [0.1, 0.15) is 31.9 Å². The molecular formula is C17H21N3O. The van der Waals surface area contributed by atoms with Crippen molar-refractivity contribution in [2.75, 3.05) is 18.4 Å². The van der Waals surface area contributed by atoms with Crippen molar-refractivity contribution in [3.8, 4) is 0 Å². The molecule has 0 bridgehead atoms. The molecule has 1 aliphatic rings. The molecule has 4 nitrogen and oxygen atoms in total. The minimum atomic E-state index is -0.0518. The molecule has 21 heavy (non-hydrogen) atoms. The highest BCUT2D eigenvalue weighted by molar-refractivity contribution is 5.92. The van der Waals surface area contributed by atoms with Gasteiger partial charge < -0.3 is 5.32 Å². The predicted octanol–water partition coefficient (Wildman–Crippen LogP) is 3.18. The van der Waals surface area contributed by atoms with E-state index in [1.54, 1.807) is 0 Å². The number of nitrogens with one attached hydrogen (secondary N) is 1. The lowest BCUT2D eigenvalue weighted by atomic mass is 10.1. The van der Waals surface area contributed by atoms with Crippen molar-refractivity contribution in [3.63, 3.8) is 0 Å². The summed E-state index contributed by atoms with van der Waals surface area (Å²) in [4.78, 5) is 18.3. The minimum absolute atomic E-state index is 0.0518. The van der Waals surface area contributed by atoms with Crippen molar-refractivity contribution in [3.05, 3.63) is 36.0 Å². The third-order valence-electron chi connectivity index (χ3n) is 3.90. The molecule has 0 aliphatic carbocycles. The van der Waals surface area contributed by atoms with Gasteiger partial charge in [-0.1, -0.05) is 12.5 Å². The van der Waals surface area contributed by atoms with Gasteiger partial charge in [-0.05, 0) is 50.2 Å². The molecule has 0 spiro atoms. The Morgan fingerprint density at radius 2 is 2.00 bits per heavy atom. The summed E-state index contributed by atoms with van der Waals surface area (Å²) in [6, 6.07) is 10.0. The molecule has 0 unspecified atom stereocenters. The Morgan fingerprint density at radius 1 is 1.19 bits per heavy atom. The van der Waals surface area contributed by atoms with Crippen LogP contribution in [0.3, 0.4) is 0 Å². The topological polar surface area (TPSA) is 45.2 Å². The Bertz CT molecular complexity index is 648. The van der Waals surface area contributed by atoms with Crippen LogP contribution in [0, 0.1) is 0 Å². The molecular weight excluding hydrogens is 262 g/mol. The van der Waals surface area contributed by atoms with Crippen LogP contribution in [0.5, 0.6) is 0 Å². The molecule has 1 fully saturated rings. The number of piperidine rings is 1. The van der Waals surface area contributed by atoms with Crippen molar-refractivity contribution in [1.82, 2.24) is 9.88 Å². The summed E-state index contributed by atoms with van der Waals surface area (Å²) >= 11 is 0. The van der Waals surface area contributed by atoms with Crippen LogP contribution in [0.4, 0.5) is 5.69 Å². The largest absolute Gasteiger partial charge is 0.326 e. The average Bonchev–Trinajstić information content (AvgIpc) is 2.48. The molecule has 0 atom stereocenters. The molecule has 1 aliphatic heterocycles. The molecule has 2 aromatic rings. The van der Waals surface area contributed by atoms with Crippen LogP contribution in [-0.4, -0.2) is 28.9 Å². The monoisotopic (exact) mass is 283 g/mol. The highest BCUT2D eigenvalue weighted by Gasteiger charge is 2.11. The number of hydrogen-bond acceptors (Lipinski definition) is 3. The summed E-state index contributed by atoms with van der Waals surface area (Å²) in [6.45, 7) is 4.82. The van der Waals surface area contributed by atoms with Crippen LogP contribution in [0.15, 0.2) is 30.3 Å². The Labute approximate surface area is 125 Å². The van der Waals surface area contributed by atoms with Crippen molar-refractivity contribution < 1.29 is 4.79 Å². The van der Waals surface area contributed by atoms with Crippen LogP contribution < -0.4 is 5.32 Å². The molecule has 1 aromatic carbocycles. The molecule has 1 aromatic heterocycles. The Hall–Kier alpha value is -1.94. The van der Waals surface area contributed by atoms with Crippen molar-refractivity contribution in [1.29, 1.82) is 0 Å². The second-order valence-electron chi connectivity index (χ2n) is 5.73. The number of nitrogens with zero attached hydrogens (tertiary/aromatic N) is 2. The molecule has 110 valence electrons. The highest BCUT2D eigenvalue weighted by Crippen LogP contribution is 2.19. The van der Waals surface area contributed by atoms with Crippen molar-refractivity contribution in [2.24, 2.45) is 0 Å². The highest BCUT2D eigenvalue weighted by atomic mass is 16.1. The van der Waals surface area contributed by atoms with E-state index < -0.39 is 0 Å². The molecule has 0 radical (unpaired) electrons. The normalized spacial score (nSPS) is 16.0. The zero-order chi connectivity index (χ0) is 14.7. The molecule has 4 heteroatoms. The molecule has 2 heterocycles. The van der Waals surface area contributed by atoms with Gasteiger partial charge in [-0.2, -0.15) is 0 Å². The molecule has 3 rings (SSSR count). The molecule has 1 saturated heterocycles. The first-order valence-corrected chi connectivity index (χ1v) is 7.60.